The summed E-state index contributed by atoms with van der Waals surface area (Å²) in [7, 11) is 0. The van der Waals surface area contributed by atoms with Gasteiger partial charge < -0.3 is 10.1 Å². The monoisotopic (exact) mass is 352 g/mol. The summed E-state index contributed by atoms with van der Waals surface area (Å²) in [5, 5.41) is 2.74. The summed E-state index contributed by atoms with van der Waals surface area (Å²) in [6.07, 6.45) is 0. The highest BCUT2D eigenvalue weighted by molar-refractivity contribution is 6.11. The molecule has 0 spiro atoms. The van der Waals surface area contributed by atoms with Crippen LogP contribution < -0.4 is 5.32 Å². The van der Waals surface area contributed by atoms with Gasteiger partial charge in [-0.2, -0.15) is 0 Å². The number of nitrogens with zero attached hydrogens (tertiary/aromatic N) is 1. The van der Waals surface area contributed by atoms with Crippen molar-refractivity contribution >= 4 is 23.3 Å². The first kappa shape index (κ1) is 19.4. The Balaban J connectivity index is 2.42. The number of ether oxygens (including phenoxy) is 1. The zero-order valence-corrected chi connectivity index (χ0v) is 15.8. The smallest absolute Gasteiger partial charge is 0.339 e. The average Bonchev–Trinajstić information content (AvgIpc) is 2.52. The molecule has 0 aliphatic carbocycles. The predicted molar refractivity (Wildman–Crippen MR) is 103 cm³/mol. The highest BCUT2D eigenvalue weighted by atomic mass is 16.6. The summed E-state index contributed by atoms with van der Waals surface area (Å²) in [4.78, 5) is 29.6. The van der Waals surface area contributed by atoms with Crippen LogP contribution >= 0.6 is 0 Å². The Morgan fingerprint density at radius 2 is 1.81 bits per heavy atom. The molecule has 0 fully saturated rings. The summed E-state index contributed by atoms with van der Waals surface area (Å²) in [5.74, 6) is -0.550. The number of rotatable bonds is 4. The minimum Gasteiger partial charge on any atom is -0.456 e. The van der Waals surface area contributed by atoms with E-state index in [1.807, 2.05) is 19.9 Å². The molecule has 0 radical (unpaired) electrons. The zero-order valence-electron chi connectivity index (χ0n) is 15.8. The van der Waals surface area contributed by atoms with Crippen molar-refractivity contribution in [3.8, 4) is 0 Å². The largest absolute Gasteiger partial charge is 0.456 e. The number of benzene rings is 1. The summed E-state index contributed by atoms with van der Waals surface area (Å²) in [6.45, 7) is 12.9. The Labute approximate surface area is 154 Å². The first-order chi connectivity index (χ1) is 12.1. The van der Waals surface area contributed by atoms with Crippen molar-refractivity contribution in [2.75, 3.05) is 5.32 Å². The van der Waals surface area contributed by atoms with Gasteiger partial charge in [0.2, 0.25) is 0 Å². The van der Waals surface area contributed by atoms with Crippen molar-refractivity contribution in [1.29, 1.82) is 0 Å². The van der Waals surface area contributed by atoms with Crippen LogP contribution in [0.1, 0.15) is 59.7 Å². The molecule has 5 nitrogen and oxygen atoms in total. The fraction of sp³-hybridized carbons (Fsp3) is 0.286. The molecule has 0 aliphatic heterocycles. The molecule has 0 atom stereocenters. The van der Waals surface area contributed by atoms with E-state index >= 15 is 0 Å². The molecule has 2 rings (SSSR count). The molecule has 26 heavy (non-hydrogen) atoms. The lowest BCUT2D eigenvalue weighted by atomic mass is 9.99. The molecular formula is C21H24N2O3. The quantitative estimate of drug-likeness (QED) is 0.815. The summed E-state index contributed by atoms with van der Waals surface area (Å²) in [6, 6.07) is 10.3. The lowest BCUT2D eigenvalue weighted by Crippen LogP contribution is -2.26. The van der Waals surface area contributed by atoms with Crippen LogP contribution in [0.3, 0.4) is 0 Å². The minimum atomic E-state index is -0.657. The molecule has 1 aromatic carbocycles. The lowest BCUT2D eigenvalue weighted by molar-refractivity contribution is 0.00678. The number of pyridine rings is 1. The van der Waals surface area contributed by atoms with E-state index in [4.69, 9.17) is 4.74 Å². The normalized spacial score (nSPS) is 11.0. The molecule has 136 valence electrons. The Kier molecular flexibility index (Phi) is 5.60. The topological polar surface area (TPSA) is 68.3 Å². The van der Waals surface area contributed by atoms with Crippen molar-refractivity contribution in [3.63, 3.8) is 0 Å². The zero-order chi connectivity index (χ0) is 19.5. The second-order valence-corrected chi connectivity index (χ2v) is 7.16. The third-order valence-corrected chi connectivity index (χ3v) is 3.51. The van der Waals surface area contributed by atoms with Crippen LogP contribution in [0.25, 0.3) is 5.57 Å². The van der Waals surface area contributed by atoms with Gasteiger partial charge >= 0.3 is 5.97 Å². The van der Waals surface area contributed by atoms with E-state index < -0.39 is 17.5 Å². The molecule has 0 unspecified atom stereocenters. The highest BCUT2D eigenvalue weighted by Crippen LogP contribution is 2.21. The van der Waals surface area contributed by atoms with Crippen LogP contribution in [0.2, 0.25) is 0 Å². The number of aromatic nitrogens is 1. The van der Waals surface area contributed by atoms with Crippen LogP contribution in [-0.2, 0) is 4.74 Å². The number of esters is 1. The number of aryl methyl sites for hydroxylation is 1. The molecule has 2 aromatic rings. The SMILES string of the molecule is C=C(C)c1ccc(C(=O)OC(C)(C)C)c(C(=O)Nc2cccc(C)n2)c1. The van der Waals surface area contributed by atoms with Gasteiger partial charge in [-0.1, -0.05) is 24.3 Å². The van der Waals surface area contributed by atoms with Gasteiger partial charge in [-0.05, 0) is 64.4 Å². The Morgan fingerprint density at radius 1 is 1.12 bits per heavy atom. The number of carbonyl (C=O) groups is 2. The van der Waals surface area contributed by atoms with Crippen LogP contribution in [-0.4, -0.2) is 22.5 Å². The van der Waals surface area contributed by atoms with Crippen molar-refractivity contribution in [1.82, 2.24) is 4.98 Å². The molecule has 0 saturated carbocycles. The minimum absolute atomic E-state index is 0.204. The molecule has 0 bridgehead atoms. The van der Waals surface area contributed by atoms with Crippen LogP contribution in [0.15, 0.2) is 43.0 Å². The molecule has 1 amide bonds. The van der Waals surface area contributed by atoms with E-state index in [0.717, 1.165) is 16.8 Å². The fourth-order valence-electron chi connectivity index (χ4n) is 2.30. The van der Waals surface area contributed by atoms with E-state index in [-0.39, 0.29) is 11.1 Å². The third-order valence-electron chi connectivity index (χ3n) is 3.51. The van der Waals surface area contributed by atoms with Crippen LogP contribution in [0.4, 0.5) is 5.82 Å². The Morgan fingerprint density at radius 3 is 2.38 bits per heavy atom. The van der Waals surface area contributed by atoms with Gasteiger partial charge in [0.05, 0.1) is 11.1 Å². The van der Waals surface area contributed by atoms with Crippen LogP contribution in [0, 0.1) is 6.92 Å². The lowest BCUT2D eigenvalue weighted by Gasteiger charge is -2.20. The number of hydrogen-bond acceptors (Lipinski definition) is 4. The Hall–Kier alpha value is -2.95. The van der Waals surface area contributed by atoms with Gasteiger partial charge in [-0.15, -0.1) is 0 Å². The van der Waals surface area contributed by atoms with E-state index in [1.54, 1.807) is 51.1 Å². The van der Waals surface area contributed by atoms with Crippen molar-refractivity contribution < 1.29 is 14.3 Å². The first-order valence-corrected chi connectivity index (χ1v) is 8.35. The molecule has 1 heterocycles. The second-order valence-electron chi connectivity index (χ2n) is 7.16. The summed E-state index contributed by atoms with van der Waals surface area (Å²) in [5.41, 5.74) is 2.13. The number of amides is 1. The van der Waals surface area contributed by atoms with Gasteiger partial charge in [-0.25, -0.2) is 9.78 Å². The summed E-state index contributed by atoms with van der Waals surface area (Å²) < 4.78 is 5.43. The number of hydrogen-bond donors (Lipinski definition) is 1. The van der Waals surface area contributed by atoms with Gasteiger partial charge in [0.1, 0.15) is 11.4 Å². The third kappa shape index (κ3) is 5.02. The maximum absolute atomic E-state index is 12.8. The van der Waals surface area contributed by atoms with Gasteiger partial charge in [0, 0.05) is 5.69 Å². The predicted octanol–water partition coefficient (Wildman–Crippen LogP) is 4.63. The molecule has 1 aromatic heterocycles. The first-order valence-electron chi connectivity index (χ1n) is 8.35. The van der Waals surface area contributed by atoms with E-state index in [9.17, 15) is 9.59 Å². The number of allylic oxidation sites excluding steroid dienone is 1. The van der Waals surface area contributed by atoms with Crippen LogP contribution in [0.5, 0.6) is 0 Å². The average molecular weight is 352 g/mol. The molecule has 5 heteroatoms. The molecule has 1 N–H and O–H groups in total. The number of anilines is 1. The second kappa shape index (κ2) is 7.52. The fourth-order valence-corrected chi connectivity index (χ4v) is 2.30. The van der Waals surface area contributed by atoms with Gasteiger partial charge in [-0.3, -0.25) is 4.79 Å². The van der Waals surface area contributed by atoms with Crippen molar-refractivity contribution in [2.45, 2.75) is 40.2 Å². The van der Waals surface area contributed by atoms with E-state index in [1.165, 1.54) is 0 Å². The van der Waals surface area contributed by atoms with Crippen molar-refractivity contribution in [3.05, 3.63) is 65.4 Å². The highest BCUT2D eigenvalue weighted by Gasteiger charge is 2.23. The van der Waals surface area contributed by atoms with Gasteiger partial charge in [0.25, 0.3) is 5.91 Å². The molecular weight excluding hydrogens is 328 g/mol. The van der Waals surface area contributed by atoms with Crippen molar-refractivity contribution in [2.24, 2.45) is 0 Å². The standard InChI is InChI=1S/C21H24N2O3/c1-13(2)15-10-11-16(20(25)26-21(4,5)6)17(12-15)19(24)23-18-9-7-8-14(3)22-18/h7-12H,1H2,2-6H3,(H,22,23,24). The maximum Gasteiger partial charge on any atom is 0.339 e. The molecule has 0 aliphatic rings. The molecule has 0 saturated heterocycles. The Bertz CT molecular complexity index is 864. The number of carbonyl (C=O) groups excluding carboxylic acids is 2. The van der Waals surface area contributed by atoms with E-state index in [0.29, 0.717) is 5.82 Å². The van der Waals surface area contributed by atoms with E-state index in [2.05, 4.69) is 16.9 Å². The summed E-state index contributed by atoms with van der Waals surface area (Å²) >= 11 is 0. The van der Waals surface area contributed by atoms with Gasteiger partial charge in [0.15, 0.2) is 0 Å². The number of nitrogens with one attached hydrogen (secondary N) is 1. The maximum atomic E-state index is 12.8.